The van der Waals surface area contributed by atoms with Crippen molar-refractivity contribution in [3.8, 4) is 0 Å². The van der Waals surface area contributed by atoms with Crippen LogP contribution in [0.25, 0.3) is 10.9 Å². The molecule has 1 aliphatic rings. The highest BCUT2D eigenvalue weighted by Gasteiger charge is 2.12. The number of likely N-dealkylation sites (tertiary alicyclic amines) is 1. The zero-order valence-corrected chi connectivity index (χ0v) is 10.7. The number of nitro benzene ring substituents is 1. The van der Waals surface area contributed by atoms with Crippen molar-refractivity contribution in [3.05, 3.63) is 34.5 Å². The summed E-state index contributed by atoms with van der Waals surface area (Å²) >= 11 is 0. The van der Waals surface area contributed by atoms with Crippen molar-refractivity contribution in [2.45, 2.75) is 19.4 Å². The van der Waals surface area contributed by atoms with Crippen LogP contribution < -0.4 is 0 Å². The van der Waals surface area contributed by atoms with E-state index in [2.05, 4.69) is 10.00 Å². The first kappa shape index (κ1) is 12.1. The van der Waals surface area contributed by atoms with Gasteiger partial charge in [-0.05, 0) is 32.0 Å². The van der Waals surface area contributed by atoms with E-state index >= 15 is 0 Å². The van der Waals surface area contributed by atoms with Gasteiger partial charge in [-0.2, -0.15) is 5.10 Å². The summed E-state index contributed by atoms with van der Waals surface area (Å²) in [5, 5.41) is 16.1. The topological polar surface area (TPSA) is 64.2 Å². The molecule has 100 valence electrons. The molecule has 1 aromatic heterocycles. The van der Waals surface area contributed by atoms with Gasteiger partial charge in [-0.25, -0.2) is 0 Å². The fourth-order valence-electron chi connectivity index (χ4n) is 2.53. The van der Waals surface area contributed by atoms with Crippen molar-refractivity contribution < 1.29 is 4.92 Å². The second kappa shape index (κ2) is 4.97. The molecule has 0 radical (unpaired) electrons. The first-order valence-electron chi connectivity index (χ1n) is 6.56. The lowest BCUT2D eigenvalue weighted by molar-refractivity contribution is -0.384. The average molecular weight is 260 g/mol. The van der Waals surface area contributed by atoms with Gasteiger partial charge in [0, 0.05) is 30.3 Å². The number of non-ortho nitro benzene ring substituents is 1. The summed E-state index contributed by atoms with van der Waals surface area (Å²) in [7, 11) is 0. The lowest BCUT2D eigenvalue weighted by Gasteiger charge is -2.13. The Morgan fingerprint density at radius 1 is 1.26 bits per heavy atom. The van der Waals surface area contributed by atoms with E-state index in [-0.39, 0.29) is 10.6 Å². The van der Waals surface area contributed by atoms with Crippen LogP contribution in [0.5, 0.6) is 0 Å². The zero-order valence-electron chi connectivity index (χ0n) is 10.7. The molecule has 0 unspecified atom stereocenters. The zero-order chi connectivity index (χ0) is 13.2. The summed E-state index contributed by atoms with van der Waals surface area (Å²) in [5.74, 6) is 0. The minimum Gasteiger partial charge on any atom is -0.301 e. The maximum Gasteiger partial charge on any atom is 0.271 e. The van der Waals surface area contributed by atoms with Gasteiger partial charge in [0.25, 0.3) is 5.69 Å². The van der Waals surface area contributed by atoms with E-state index < -0.39 is 0 Å². The molecule has 0 atom stereocenters. The van der Waals surface area contributed by atoms with Crippen LogP contribution in [0, 0.1) is 10.1 Å². The third-order valence-corrected chi connectivity index (χ3v) is 3.59. The smallest absolute Gasteiger partial charge is 0.271 e. The predicted molar refractivity (Wildman–Crippen MR) is 72.1 cm³/mol. The van der Waals surface area contributed by atoms with Crippen LogP contribution in [0.1, 0.15) is 12.8 Å². The molecule has 6 nitrogen and oxygen atoms in total. The summed E-state index contributed by atoms with van der Waals surface area (Å²) in [6.07, 6.45) is 4.52. The van der Waals surface area contributed by atoms with Crippen LogP contribution in [0.4, 0.5) is 5.69 Å². The van der Waals surface area contributed by atoms with Crippen molar-refractivity contribution >= 4 is 16.6 Å². The highest BCUT2D eigenvalue weighted by molar-refractivity contribution is 5.80. The quantitative estimate of drug-likeness (QED) is 0.623. The van der Waals surface area contributed by atoms with E-state index in [1.807, 2.05) is 10.9 Å². The maximum atomic E-state index is 10.7. The first-order chi connectivity index (χ1) is 9.22. The Labute approximate surface area is 110 Å². The maximum absolute atomic E-state index is 10.7. The molecule has 0 amide bonds. The molecule has 0 bridgehead atoms. The Bertz CT molecular complexity index is 602. The molecule has 1 saturated heterocycles. The fourth-order valence-corrected chi connectivity index (χ4v) is 2.53. The Balaban J connectivity index is 1.75. The minimum atomic E-state index is -0.386. The number of rotatable bonds is 4. The van der Waals surface area contributed by atoms with Crippen LogP contribution in [0.2, 0.25) is 0 Å². The summed E-state index contributed by atoms with van der Waals surface area (Å²) in [6.45, 7) is 4.18. The molecule has 0 N–H and O–H groups in total. The second-order valence-corrected chi connectivity index (χ2v) is 4.94. The lowest BCUT2D eigenvalue weighted by Crippen LogP contribution is -2.24. The Morgan fingerprint density at radius 3 is 2.79 bits per heavy atom. The molecular weight excluding hydrogens is 244 g/mol. The molecular formula is C13H16N4O2. The van der Waals surface area contributed by atoms with Crippen molar-refractivity contribution in [2.24, 2.45) is 0 Å². The van der Waals surface area contributed by atoms with Crippen LogP contribution >= 0.6 is 0 Å². The first-order valence-corrected chi connectivity index (χ1v) is 6.56. The van der Waals surface area contributed by atoms with Gasteiger partial charge in [0.1, 0.15) is 0 Å². The minimum absolute atomic E-state index is 0.0947. The van der Waals surface area contributed by atoms with Gasteiger partial charge in [0.05, 0.1) is 17.0 Å². The summed E-state index contributed by atoms with van der Waals surface area (Å²) in [5.41, 5.74) is 0.785. The van der Waals surface area contributed by atoms with Gasteiger partial charge in [-0.15, -0.1) is 0 Å². The van der Waals surface area contributed by atoms with E-state index in [1.165, 1.54) is 38.1 Å². The van der Waals surface area contributed by atoms with Gasteiger partial charge < -0.3 is 4.90 Å². The standard InChI is InChI=1S/C13H16N4O2/c18-17(19)12-4-3-11-10-16(14-13(11)9-12)8-7-15-5-1-2-6-15/h3-4,9-10H,1-2,5-8H2. The van der Waals surface area contributed by atoms with Crippen LogP contribution in [-0.2, 0) is 6.54 Å². The third-order valence-electron chi connectivity index (χ3n) is 3.59. The average Bonchev–Trinajstić information content (AvgIpc) is 3.04. The molecule has 19 heavy (non-hydrogen) atoms. The second-order valence-electron chi connectivity index (χ2n) is 4.94. The van der Waals surface area contributed by atoms with Gasteiger partial charge in [-0.1, -0.05) is 0 Å². The monoisotopic (exact) mass is 260 g/mol. The van der Waals surface area contributed by atoms with Crippen LogP contribution in [-0.4, -0.2) is 39.2 Å². The van der Waals surface area contributed by atoms with Crippen molar-refractivity contribution in [1.29, 1.82) is 0 Å². The molecule has 6 heteroatoms. The molecule has 0 saturated carbocycles. The molecule has 0 aliphatic carbocycles. The van der Waals surface area contributed by atoms with E-state index in [0.717, 1.165) is 18.5 Å². The third kappa shape index (κ3) is 2.58. The number of hydrogen-bond donors (Lipinski definition) is 0. The SMILES string of the molecule is O=[N+]([O-])c1ccc2cn(CCN3CCCC3)nc2c1. The highest BCUT2D eigenvalue weighted by atomic mass is 16.6. The predicted octanol–water partition coefficient (Wildman–Crippen LogP) is 2.04. The van der Waals surface area contributed by atoms with E-state index in [4.69, 9.17) is 0 Å². The fraction of sp³-hybridized carbons (Fsp3) is 0.462. The summed E-state index contributed by atoms with van der Waals surface area (Å²) in [6, 6.07) is 4.81. The van der Waals surface area contributed by atoms with Crippen molar-refractivity contribution in [3.63, 3.8) is 0 Å². The number of benzene rings is 1. The van der Waals surface area contributed by atoms with E-state index in [0.29, 0.717) is 5.52 Å². The molecule has 1 fully saturated rings. The normalized spacial score (nSPS) is 16.2. The van der Waals surface area contributed by atoms with E-state index in [9.17, 15) is 10.1 Å². The van der Waals surface area contributed by atoms with Gasteiger partial charge in [-0.3, -0.25) is 14.8 Å². The molecule has 3 rings (SSSR count). The number of aromatic nitrogens is 2. The van der Waals surface area contributed by atoms with Gasteiger partial charge in [0.15, 0.2) is 0 Å². The number of nitro groups is 1. The summed E-state index contributed by atoms with van der Waals surface area (Å²) in [4.78, 5) is 12.8. The molecule has 0 spiro atoms. The van der Waals surface area contributed by atoms with Crippen molar-refractivity contribution in [1.82, 2.24) is 14.7 Å². The number of fused-ring (bicyclic) bond motifs is 1. The Hall–Kier alpha value is -1.95. The van der Waals surface area contributed by atoms with Gasteiger partial charge in [0.2, 0.25) is 0 Å². The highest BCUT2D eigenvalue weighted by Crippen LogP contribution is 2.19. The number of hydrogen-bond acceptors (Lipinski definition) is 4. The molecule has 1 aliphatic heterocycles. The van der Waals surface area contributed by atoms with E-state index in [1.54, 1.807) is 6.07 Å². The summed E-state index contributed by atoms with van der Waals surface area (Å²) < 4.78 is 1.88. The molecule has 2 aromatic rings. The largest absolute Gasteiger partial charge is 0.301 e. The van der Waals surface area contributed by atoms with Crippen LogP contribution in [0.3, 0.4) is 0 Å². The number of nitrogens with zero attached hydrogens (tertiary/aromatic N) is 4. The molecule has 1 aromatic carbocycles. The van der Waals surface area contributed by atoms with Crippen molar-refractivity contribution in [2.75, 3.05) is 19.6 Å². The Kier molecular flexibility index (Phi) is 3.16. The molecule has 2 heterocycles. The van der Waals surface area contributed by atoms with Gasteiger partial charge >= 0.3 is 0 Å². The van der Waals surface area contributed by atoms with Crippen LogP contribution in [0.15, 0.2) is 24.4 Å². The lowest BCUT2D eigenvalue weighted by atomic mass is 10.2. The Morgan fingerprint density at radius 2 is 2.05 bits per heavy atom.